The predicted molar refractivity (Wildman–Crippen MR) is 135 cm³/mol. The highest BCUT2D eigenvalue weighted by atomic mass is 35.5. The fraction of sp³-hybridized carbons (Fsp3) is 0.182. The minimum Gasteiger partial charge on any atom is -0.326 e. The van der Waals surface area contributed by atoms with Crippen LogP contribution in [0.15, 0.2) is 54.2 Å². The van der Waals surface area contributed by atoms with E-state index in [1.54, 1.807) is 41.0 Å². The van der Waals surface area contributed by atoms with Crippen LogP contribution in [0.3, 0.4) is 0 Å². The maximum Gasteiger partial charge on any atom is 0.234 e. The van der Waals surface area contributed by atoms with Crippen molar-refractivity contribution in [2.75, 3.05) is 16.4 Å². The number of allylic oxidation sites excluding steroid dienone is 1. The van der Waals surface area contributed by atoms with Gasteiger partial charge in [-0.2, -0.15) is 0 Å². The van der Waals surface area contributed by atoms with E-state index in [2.05, 4.69) is 27.4 Å². The first kappa shape index (κ1) is 25.1. The first-order valence-corrected chi connectivity index (χ1v) is 11.9. The molecule has 2 N–H and O–H groups in total. The molecule has 0 fully saturated rings. The third kappa shape index (κ3) is 6.74. The molecule has 0 saturated carbocycles. The van der Waals surface area contributed by atoms with Crippen LogP contribution in [0.25, 0.3) is 0 Å². The third-order valence-corrected chi connectivity index (χ3v) is 6.63. The molecule has 2 amide bonds. The summed E-state index contributed by atoms with van der Waals surface area (Å²) in [4.78, 5) is 24.9. The Morgan fingerprint density at radius 2 is 1.88 bits per heavy atom. The van der Waals surface area contributed by atoms with Gasteiger partial charge in [-0.3, -0.25) is 9.59 Å². The van der Waals surface area contributed by atoms with E-state index in [9.17, 15) is 9.59 Å². The molecular weight excluding hydrogens is 505 g/mol. The van der Waals surface area contributed by atoms with Crippen LogP contribution < -0.4 is 10.6 Å². The molecule has 0 saturated heterocycles. The number of carbonyl (C=O) groups is 2. The predicted octanol–water partition coefficient (Wildman–Crippen LogP) is 5.64. The summed E-state index contributed by atoms with van der Waals surface area (Å²) in [6, 6.07) is 10.3. The van der Waals surface area contributed by atoms with E-state index in [0.717, 1.165) is 5.56 Å². The Kier molecular flexibility index (Phi) is 8.80. The van der Waals surface area contributed by atoms with Gasteiger partial charge in [0.1, 0.15) is 5.82 Å². The number of thioether (sulfide) groups is 1. The molecule has 33 heavy (non-hydrogen) atoms. The monoisotopic (exact) mass is 523 g/mol. The SMILES string of the molecule is C=CCn1c(CC(=O)Nc2ccc(C)c(Cl)c2)nnc1SCC(=O)Nc1cccc(Cl)c1Cl. The van der Waals surface area contributed by atoms with Crippen molar-refractivity contribution in [2.45, 2.75) is 25.0 Å². The molecule has 0 radical (unpaired) electrons. The van der Waals surface area contributed by atoms with Gasteiger partial charge in [0, 0.05) is 17.3 Å². The number of halogens is 3. The van der Waals surface area contributed by atoms with Crippen LogP contribution in [-0.4, -0.2) is 32.3 Å². The minimum atomic E-state index is -0.284. The lowest BCUT2D eigenvalue weighted by Gasteiger charge is -2.10. The number of aryl methyl sites for hydroxylation is 1. The number of anilines is 2. The van der Waals surface area contributed by atoms with Crippen molar-refractivity contribution < 1.29 is 9.59 Å². The molecule has 0 aliphatic carbocycles. The summed E-state index contributed by atoms with van der Waals surface area (Å²) in [5.74, 6) is -0.0385. The Morgan fingerprint density at radius 1 is 1.09 bits per heavy atom. The molecule has 0 aliphatic heterocycles. The highest BCUT2D eigenvalue weighted by Crippen LogP contribution is 2.30. The summed E-state index contributed by atoms with van der Waals surface area (Å²) < 4.78 is 1.74. The Morgan fingerprint density at radius 3 is 2.61 bits per heavy atom. The zero-order chi connectivity index (χ0) is 24.0. The summed E-state index contributed by atoms with van der Waals surface area (Å²) >= 11 is 19.4. The van der Waals surface area contributed by atoms with Gasteiger partial charge in [0.05, 0.1) is 27.9 Å². The second-order valence-corrected chi connectivity index (χ2v) is 9.06. The van der Waals surface area contributed by atoms with Crippen LogP contribution >= 0.6 is 46.6 Å². The Bertz CT molecular complexity index is 1200. The topological polar surface area (TPSA) is 88.9 Å². The van der Waals surface area contributed by atoms with Gasteiger partial charge in [-0.05, 0) is 36.8 Å². The van der Waals surface area contributed by atoms with Gasteiger partial charge < -0.3 is 15.2 Å². The largest absolute Gasteiger partial charge is 0.326 e. The Hall–Kier alpha value is -2.52. The van der Waals surface area contributed by atoms with Crippen LogP contribution in [0.2, 0.25) is 15.1 Å². The number of amides is 2. The fourth-order valence-corrected chi connectivity index (χ4v) is 4.10. The zero-order valence-corrected chi connectivity index (χ0v) is 20.7. The van der Waals surface area contributed by atoms with Gasteiger partial charge in [0.15, 0.2) is 5.16 Å². The average molecular weight is 525 g/mol. The summed E-state index contributed by atoms with van der Waals surface area (Å²) in [5.41, 5.74) is 1.94. The van der Waals surface area contributed by atoms with Gasteiger partial charge in [-0.1, -0.05) is 64.8 Å². The molecular formula is C22H20Cl3N5O2S. The van der Waals surface area contributed by atoms with Crippen LogP contribution in [0, 0.1) is 6.92 Å². The number of aromatic nitrogens is 3. The number of hydrogen-bond acceptors (Lipinski definition) is 5. The van der Waals surface area contributed by atoms with E-state index in [-0.39, 0.29) is 29.0 Å². The van der Waals surface area contributed by atoms with Crippen LogP contribution in [-0.2, 0) is 22.6 Å². The highest BCUT2D eigenvalue weighted by molar-refractivity contribution is 7.99. The van der Waals surface area contributed by atoms with Crippen molar-refractivity contribution in [2.24, 2.45) is 0 Å². The fourth-order valence-electron chi connectivity index (χ4n) is 2.81. The lowest BCUT2D eigenvalue weighted by atomic mass is 10.2. The van der Waals surface area contributed by atoms with Crippen LogP contribution in [0.5, 0.6) is 0 Å². The van der Waals surface area contributed by atoms with Crippen molar-refractivity contribution in [3.05, 3.63) is 75.5 Å². The van der Waals surface area contributed by atoms with Gasteiger partial charge in [0.2, 0.25) is 11.8 Å². The molecule has 0 atom stereocenters. The van der Waals surface area contributed by atoms with Crippen molar-refractivity contribution in [3.8, 4) is 0 Å². The molecule has 1 aromatic heterocycles. The summed E-state index contributed by atoms with van der Waals surface area (Å²) in [5, 5.41) is 15.5. The first-order valence-electron chi connectivity index (χ1n) is 9.74. The van der Waals surface area contributed by atoms with E-state index < -0.39 is 0 Å². The number of nitrogens with one attached hydrogen (secondary N) is 2. The highest BCUT2D eigenvalue weighted by Gasteiger charge is 2.17. The van der Waals surface area contributed by atoms with Crippen molar-refractivity contribution in [1.29, 1.82) is 0 Å². The summed E-state index contributed by atoms with van der Waals surface area (Å²) in [7, 11) is 0. The van der Waals surface area contributed by atoms with Crippen molar-refractivity contribution in [1.82, 2.24) is 14.8 Å². The molecule has 11 heteroatoms. The number of hydrogen-bond donors (Lipinski definition) is 2. The average Bonchev–Trinajstić information content (AvgIpc) is 3.14. The lowest BCUT2D eigenvalue weighted by Crippen LogP contribution is -2.18. The van der Waals surface area contributed by atoms with Crippen molar-refractivity contribution >= 4 is 69.8 Å². The van der Waals surface area contributed by atoms with E-state index in [1.807, 2.05) is 13.0 Å². The van der Waals surface area contributed by atoms with Gasteiger partial charge >= 0.3 is 0 Å². The molecule has 0 unspecified atom stereocenters. The van der Waals surface area contributed by atoms with Gasteiger partial charge in [-0.15, -0.1) is 16.8 Å². The smallest absolute Gasteiger partial charge is 0.234 e. The number of rotatable bonds is 9. The van der Waals surface area contributed by atoms with Crippen LogP contribution in [0.4, 0.5) is 11.4 Å². The second kappa shape index (κ2) is 11.6. The Balaban J connectivity index is 1.64. The second-order valence-electron chi connectivity index (χ2n) is 6.93. The molecule has 0 aliphatic rings. The molecule has 172 valence electrons. The zero-order valence-electron chi connectivity index (χ0n) is 17.6. The van der Waals surface area contributed by atoms with E-state index >= 15 is 0 Å². The van der Waals surface area contributed by atoms with Gasteiger partial charge in [-0.25, -0.2) is 0 Å². The standard InChI is InChI=1S/C22H20Cl3N5O2S/c1-3-9-30-18(11-19(31)26-14-8-7-13(2)16(24)10-14)28-29-22(30)33-12-20(32)27-17-6-4-5-15(23)21(17)25/h3-8,10H,1,9,11-12H2,2H3,(H,26,31)(H,27,32). The number of benzene rings is 2. The normalized spacial score (nSPS) is 10.7. The number of carbonyl (C=O) groups excluding carboxylic acids is 2. The molecule has 1 heterocycles. The third-order valence-electron chi connectivity index (χ3n) is 4.44. The number of nitrogens with zero attached hydrogens (tertiary/aromatic N) is 3. The first-order chi connectivity index (χ1) is 15.8. The quantitative estimate of drug-likeness (QED) is 0.279. The van der Waals surface area contributed by atoms with Gasteiger partial charge in [0.25, 0.3) is 0 Å². The molecule has 2 aromatic carbocycles. The molecule has 0 bridgehead atoms. The molecule has 7 nitrogen and oxygen atoms in total. The van der Waals surface area contributed by atoms with E-state index in [0.29, 0.717) is 38.9 Å². The van der Waals surface area contributed by atoms with E-state index in [4.69, 9.17) is 34.8 Å². The van der Waals surface area contributed by atoms with E-state index in [1.165, 1.54) is 11.8 Å². The lowest BCUT2D eigenvalue weighted by molar-refractivity contribution is -0.116. The van der Waals surface area contributed by atoms with Crippen molar-refractivity contribution in [3.63, 3.8) is 0 Å². The minimum absolute atomic E-state index is 0.00276. The maximum absolute atomic E-state index is 12.5. The van der Waals surface area contributed by atoms with Crippen LogP contribution in [0.1, 0.15) is 11.4 Å². The summed E-state index contributed by atoms with van der Waals surface area (Å²) in [6.45, 7) is 6.01. The molecule has 3 aromatic rings. The Labute approximate surface area is 210 Å². The summed E-state index contributed by atoms with van der Waals surface area (Å²) in [6.07, 6.45) is 1.66. The molecule has 0 spiro atoms. The maximum atomic E-state index is 12.5. The molecule has 3 rings (SSSR count).